The maximum atomic E-state index is 12.5. The maximum absolute atomic E-state index is 12.5. The number of benzene rings is 1. The molecule has 1 N–H and O–H groups in total. The van der Waals surface area contributed by atoms with Crippen LogP contribution in [0.5, 0.6) is 0 Å². The third-order valence-corrected chi connectivity index (χ3v) is 3.29. The first-order valence-electron chi connectivity index (χ1n) is 5.89. The molecule has 0 radical (unpaired) electrons. The van der Waals surface area contributed by atoms with Gasteiger partial charge in [-0.15, -0.1) is 0 Å². The van der Waals surface area contributed by atoms with E-state index in [1.54, 1.807) is 0 Å². The second-order valence-electron chi connectivity index (χ2n) is 4.53. The number of carbonyl (C=O) groups is 2. The minimum atomic E-state index is -4.45. The Kier molecular flexibility index (Phi) is 3.76. The van der Waals surface area contributed by atoms with E-state index in [4.69, 9.17) is 5.11 Å². The molecular formula is C14H11F3O3. The van der Waals surface area contributed by atoms with Gasteiger partial charge < -0.3 is 5.11 Å². The first kappa shape index (κ1) is 14.5. The van der Waals surface area contributed by atoms with Gasteiger partial charge in [0.15, 0.2) is 5.78 Å². The number of aliphatic hydroxyl groups is 1. The molecule has 0 saturated carbocycles. The van der Waals surface area contributed by atoms with Crippen LogP contribution in [0, 0.1) is 5.92 Å². The Morgan fingerprint density at radius 2 is 1.85 bits per heavy atom. The largest absolute Gasteiger partial charge is 0.416 e. The van der Waals surface area contributed by atoms with Crippen molar-refractivity contribution in [2.75, 3.05) is 6.61 Å². The number of halogens is 3. The van der Waals surface area contributed by atoms with Crippen LogP contribution in [0.25, 0.3) is 5.57 Å². The molecule has 106 valence electrons. The van der Waals surface area contributed by atoms with Gasteiger partial charge in [-0.1, -0.05) is 12.1 Å². The van der Waals surface area contributed by atoms with E-state index in [2.05, 4.69) is 0 Å². The van der Waals surface area contributed by atoms with Gasteiger partial charge in [-0.3, -0.25) is 9.59 Å². The Morgan fingerprint density at radius 3 is 2.30 bits per heavy atom. The van der Waals surface area contributed by atoms with Crippen molar-refractivity contribution in [2.24, 2.45) is 5.92 Å². The summed E-state index contributed by atoms with van der Waals surface area (Å²) in [5.74, 6) is -0.914. The molecule has 2 rings (SSSR count). The highest BCUT2D eigenvalue weighted by Crippen LogP contribution is 2.36. The van der Waals surface area contributed by atoms with Gasteiger partial charge in [-0.2, -0.15) is 13.2 Å². The van der Waals surface area contributed by atoms with Gasteiger partial charge in [0.25, 0.3) is 0 Å². The van der Waals surface area contributed by atoms with E-state index in [1.807, 2.05) is 0 Å². The third-order valence-electron chi connectivity index (χ3n) is 3.29. The summed E-state index contributed by atoms with van der Waals surface area (Å²) >= 11 is 0. The molecule has 1 aliphatic carbocycles. The number of hydrogen-bond acceptors (Lipinski definition) is 3. The van der Waals surface area contributed by atoms with Crippen molar-refractivity contribution in [3.05, 3.63) is 41.0 Å². The highest BCUT2D eigenvalue weighted by atomic mass is 19.4. The highest BCUT2D eigenvalue weighted by molar-refractivity contribution is 6.27. The molecule has 3 nitrogen and oxygen atoms in total. The van der Waals surface area contributed by atoms with E-state index in [9.17, 15) is 22.8 Å². The lowest BCUT2D eigenvalue weighted by molar-refractivity contribution is -0.137. The minimum absolute atomic E-state index is 0.000922. The lowest BCUT2D eigenvalue weighted by atomic mass is 9.98. The number of Topliss-reactive ketones (excluding diaryl/α,β-unsaturated/α-hetero) is 1. The smallest absolute Gasteiger partial charge is 0.396 e. The maximum Gasteiger partial charge on any atom is 0.416 e. The molecule has 0 amide bonds. The summed E-state index contributed by atoms with van der Waals surface area (Å²) in [4.78, 5) is 22.9. The summed E-state index contributed by atoms with van der Waals surface area (Å²) < 4.78 is 37.4. The van der Waals surface area contributed by atoms with Crippen molar-refractivity contribution in [3.8, 4) is 0 Å². The van der Waals surface area contributed by atoms with Crippen LogP contribution in [0.3, 0.4) is 0 Å². The van der Waals surface area contributed by atoms with E-state index < -0.39 is 17.7 Å². The van der Waals surface area contributed by atoms with Crippen molar-refractivity contribution in [3.63, 3.8) is 0 Å². The Hall–Kier alpha value is -1.95. The second-order valence-corrected chi connectivity index (χ2v) is 4.53. The first-order chi connectivity index (χ1) is 9.38. The minimum Gasteiger partial charge on any atom is -0.396 e. The molecule has 0 spiro atoms. The molecule has 0 aliphatic heterocycles. The molecule has 0 unspecified atom stereocenters. The van der Waals surface area contributed by atoms with Crippen LogP contribution in [-0.4, -0.2) is 23.8 Å². The zero-order valence-corrected chi connectivity index (χ0v) is 10.3. The number of hydrogen-bond donors (Lipinski definition) is 1. The van der Waals surface area contributed by atoms with Crippen LogP contribution < -0.4 is 0 Å². The zero-order chi connectivity index (χ0) is 14.9. The molecule has 0 saturated heterocycles. The molecule has 6 heteroatoms. The van der Waals surface area contributed by atoms with E-state index in [1.165, 1.54) is 12.1 Å². The average molecular weight is 284 g/mol. The van der Waals surface area contributed by atoms with Crippen molar-refractivity contribution in [1.29, 1.82) is 0 Å². The van der Waals surface area contributed by atoms with E-state index >= 15 is 0 Å². The Balaban J connectivity index is 2.45. The molecule has 20 heavy (non-hydrogen) atoms. The number of aldehydes is 1. The van der Waals surface area contributed by atoms with Gasteiger partial charge in [0, 0.05) is 23.5 Å². The number of alkyl halides is 3. The molecular weight excluding hydrogens is 273 g/mol. The molecule has 0 fully saturated rings. The quantitative estimate of drug-likeness (QED) is 0.866. The van der Waals surface area contributed by atoms with Crippen molar-refractivity contribution >= 4 is 17.6 Å². The van der Waals surface area contributed by atoms with Crippen molar-refractivity contribution < 1.29 is 27.9 Å². The average Bonchev–Trinajstić information content (AvgIpc) is 2.73. The van der Waals surface area contributed by atoms with E-state index in [0.717, 1.165) is 12.1 Å². The second kappa shape index (κ2) is 5.20. The van der Waals surface area contributed by atoms with Gasteiger partial charge >= 0.3 is 6.18 Å². The Bertz CT molecular complexity index is 570. The summed E-state index contributed by atoms with van der Waals surface area (Å²) in [5, 5.41) is 9.11. The van der Waals surface area contributed by atoms with Crippen LogP contribution >= 0.6 is 0 Å². The standard InChI is InChI=1S/C14H11F3O3/c15-14(16,17)10-3-1-8(2-4-10)13-11(7-19)9(6-18)5-12(13)20/h1-4,7,9,18H,5-6H2/t9-/m0/s1. The summed E-state index contributed by atoms with van der Waals surface area (Å²) in [7, 11) is 0. The zero-order valence-electron chi connectivity index (χ0n) is 10.3. The normalized spacial score (nSPS) is 19.6. The molecule has 1 aliphatic rings. The van der Waals surface area contributed by atoms with Crippen LogP contribution in [-0.2, 0) is 15.8 Å². The van der Waals surface area contributed by atoms with E-state index in [-0.39, 0.29) is 35.5 Å². The number of carbonyl (C=O) groups excluding carboxylic acids is 2. The SMILES string of the molecule is O=CC1=C(c2ccc(C(F)(F)F)cc2)C(=O)C[C@H]1CO. The molecule has 0 aromatic heterocycles. The van der Waals surface area contributed by atoms with Crippen molar-refractivity contribution in [2.45, 2.75) is 12.6 Å². The molecule has 0 heterocycles. The summed E-state index contributed by atoms with van der Waals surface area (Å²) in [6.07, 6.45) is -3.96. The van der Waals surface area contributed by atoms with Crippen LogP contribution in [0.1, 0.15) is 17.5 Å². The fourth-order valence-corrected chi connectivity index (χ4v) is 2.27. The molecule has 1 aromatic rings. The topological polar surface area (TPSA) is 54.4 Å². The van der Waals surface area contributed by atoms with Gasteiger partial charge in [0.05, 0.1) is 12.2 Å². The monoisotopic (exact) mass is 284 g/mol. The molecule has 1 atom stereocenters. The first-order valence-corrected chi connectivity index (χ1v) is 5.89. The lowest BCUT2D eigenvalue weighted by Gasteiger charge is -2.08. The lowest BCUT2D eigenvalue weighted by Crippen LogP contribution is -2.06. The van der Waals surface area contributed by atoms with Crippen LogP contribution in [0.15, 0.2) is 29.8 Å². The van der Waals surface area contributed by atoms with Gasteiger partial charge in [0.1, 0.15) is 6.29 Å². The number of aliphatic hydroxyl groups excluding tert-OH is 1. The number of ketones is 1. The molecule has 1 aromatic carbocycles. The van der Waals surface area contributed by atoms with Gasteiger partial charge in [-0.25, -0.2) is 0 Å². The van der Waals surface area contributed by atoms with Gasteiger partial charge in [-0.05, 0) is 17.7 Å². The number of allylic oxidation sites excluding steroid dienone is 1. The summed E-state index contributed by atoms with van der Waals surface area (Å²) in [6, 6.07) is 4.06. The fourth-order valence-electron chi connectivity index (χ4n) is 2.27. The summed E-state index contributed by atoms with van der Waals surface area (Å²) in [6.45, 7) is -0.343. The summed E-state index contributed by atoms with van der Waals surface area (Å²) in [5.41, 5.74) is -0.301. The van der Waals surface area contributed by atoms with Crippen LogP contribution in [0.4, 0.5) is 13.2 Å². The Labute approximate surface area is 112 Å². The predicted octanol–water partition coefficient (Wildman–Crippen LogP) is 2.24. The van der Waals surface area contributed by atoms with Gasteiger partial charge in [0.2, 0.25) is 0 Å². The van der Waals surface area contributed by atoms with Crippen molar-refractivity contribution in [1.82, 2.24) is 0 Å². The fraction of sp³-hybridized carbons (Fsp3) is 0.286. The molecule has 0 bridgehead atoms. The number of rotatable bonds is 3. The Morgan fingerprint density at radius 1 is 1.25 bits per heavy atom. The predicted molar refractivity (Wildman–Crippen MR) is 64.6 cm³/mol. The highest BCUT2D eigenvalue weighted by Gasteiger charge is 2.34. The van der Waals surface area contributed by atoms with E-state index in [0.29, 0.717) is 6.29 Å². The van der Waals surface area contributed by atoms with Crippen LogP contribution in [0.2, 0.25) is 0 Å². The third kappa shape index (κ3) is 2.51.